The molecule has 1 N–H and O–H groups in total. The number of anilines is 2. The Bertz CT molecular complexity index is 927. The van der Waals surface area contributed by atoms with Gasteiger partial charge in [-0.15, -0.1) is 0 Å². The number of ether oxygens (including phenoxy) is 1. The summed E-state index contributed by atoms with van der Waals surface area (Å²) in [4.78, 5) is 4.83. The molecule has 0 saturated heterocycles. The zero-order valence-electron chi connectivity index (χ0n) is 15.1. The van der Waals surface area contributed by atoms with Gasteiger partial charge in [-0.25, -0.2) is 4.99 Å². The first kappa shape index (κ1) is 16.4. The fourth-order valence-corrected chi connectivity index (χ4v) is 3.29. The molecular weight excluding hydrogens is 320 g/mol. The number of aryl methyl sites for hydroxylation is 2. The molecular formula is C23H22N2O. The van der Waals surface area contributed by atoms with Crippen LogP contribution in [-0.4, -0.2) is 12.5 Å². The van der Waals surface area contributed by atoms with Crippen LogP contribution in [0.4, 0.5) is 11.4 Å². The van der Waals surface area contributed by atoms with Crippen molar-refractivity contribution < 1.29 is 4.74 Å². The van der Waals surface area contributed by atoms with Crippen LogP contribution in [0.3, 0.4) is 0 Å². The number of nitrogens with zero attached hydrogens (tertiary/aromatic N) is 1. The van der Waals surface area contributed by atoms with Crippen LogP contribution in [-0.2, 0) is 4.74 Å². The van der Waals surface area contributed by atoms with Crippen LogP contribution < -0.4 is 5.32 Å². The lowest BCUT2D eigenvalue weighted by molar-refractivity contribution is 0.320. The van der Waals surface area contributed by atoms with Crippen molar-refractivity contribution in [2.75, 3.05) is 11.9 Å². The fraction of sp³-hybridized carbons (Fsp3) is 0.174. The highest BCUT2D eigenvalue weighted by Gasteiger charge is 2.23. The van der Waals surface area contributed by atoms with Crippen molar-refractivity contribution in [3.05, 3.63) is 95.1 Å². The Morgan fingerprint density at radius 1 is 0.846 bits per heavy atom. The van der Waals surface area contributed by atoms with E-state index in [1.165, 1.54) is 16.7 Å². The van der Waals surface area contributed by atoms with Gasteiger partial charge in [-0.05, 0) is 42.7 Å². The molecule has 3 heteroatoms. The molecule has 26 heavy (non-hydrogen) atoms. The van der Waals surface area contributed by atoms with E-state index in [4.69, 9.17) is 9.73 Å². The Hall–Kier alpha value is -3.07. The first-order chi connectivity index (χ1) is 12.7. The maximum atomic E-state index is 5.95. The Kier molecular flexibility index (Phi) is 4.44. The Morgan fingerprint density at radius 2 is 1.54 bits per heavy atom. The summed E-state index contributed by atoms with van der Waals surface area (Å²) in [5.74, 6) is 0.702. The maximum absolute atomic E-state index is 5.95. The van der Waals surface area contributed by atoms with E-state index in [1.807, 2.05) is 30.3 Å². The second-order valence-corrected chi connectivity index (χ2v) is 6.61. The molecule has 0 fully saturated rings. The van der Waals surface area contributed by atoms with E-state index in [0.717, 1.165) is 16.9 Å². The van der Waals surface area contributed by atoms with Gasteiger partial charge in [0.25, 0.3) is 0 Å². The Labute approximate surface area is 154 Å². The molecule has 3 aromatic rings. The van der Waals surface area contributed by atoms with Crippen LogP contribution in [0.25, 0.3) is 0 Å². The topological polar surface area (TPSA) is 33.6 Å². The molecule has 0 amide bonds. The molecule has 1 atom stereocenters. The second kappa shape index (κ2) is 7.04. The average molecular weight is 342 g/mol. The van der Waals surface area contributed by atoms with E-state index >= 15 is 0 Å². The molecule has 0 bridgehead atoms. The average Bonchev–Trinajstić information content (AvgIpc) is 3.16. The predicted molar refractivity (Wildman–Crippen MR) is 107 cm³/mol. The van der Waals surface area contributed by atoms with Gasteiger partial charge in [0, 0.05) is 5.69 Å². The number of nitrogens with one attached hydrogen (secondary N) is 1. The van der Waals surface area contributed by atoms with Crippen LogP contribution >= 0.6 is 0 Å². The normalized spacial score (nSPS) is 16.1. The van der Waals surface area contributed by atoms with Gasteiger partial charge < -0.3 is 10.1 Å². The highest BCUT2D eigenvalue weighted by atomic mass is 16.5. The van der Waals surface area contributed by atoms with E-state index in [2.05, 4.69) is 61.6 Å². The van der Waals surface area contributed by atoms with Crippen LogP contribution in [0.5, 0.6) is 0 Å². The van der Waals surface area contributed by atoms with E-state index in [1.54, 1.807) is 0 Å². The van der Waals surface area contributed by atoms with E-state index in [9.17, 15) is 0 Å². The lowest BCUT2D eigenvalue weighted by Crippen LogP contribution is -2.06. The SMILES string of the molecule is Cc1cccc(C)c1Nc1ccccc1C1=N[C@H](c2ccccc2)CO1. The minimum atomic E-state index is 0.0550. The lowest BCUT2D eigenvalue weighted by Gasteiger charge is -2.15. The molecule has 4 rings (SSSR count). The predicted octanol–water partition coefficient (Wildman–Crippen LogP) is 5.57. The van der Waals surface area contributed by atoms with Crippen molar-refractivity contribution in [2.24, 2.45) is 4.99 Å². The summed E-state index contributed by atoms with van der Waals surface area (Å²) in [6.45, 7) is 4.82. The number of rotatable bonds is 4. The molecule has 1 aliphatic heterocycles. The minimum Gasteiger partial charge on any atom is -0.475 e. The zero-order chi connectivity index (χ0) is 17.9. The van der Waals surface area contributed by atoms with Gasteiger partial charge in [-0.1, -0.05) is 60.7 Å². The summed E-state index contributed by atoms with van der Waals surface area (Å²) in [7, 11) is 0. The smallest absolute Gasteiger partial charge is 0.219 e. The van der Waals surface area contributed by atoms with Crippen LogP contribution in [0.1, 0.15) is 28.3 Å². The van der Waals surface area contributed by atoms with Gasteiger partial charge >= 0.3 is 0 Å². The molecule has 1 aliphatic rings. The molecule has 0 radical (unpaired) electrons. The fourth-order valence-electron chi connectivity index (χ4n) is 3.29. The third-order valence-corrected chi connectivity index (χ3v) is 4.73. The number of benzene rings is 3. The first-order valence-electron chi connectivity index (χ1n) is 8.90. The monoisotopic (exact) mass is 342 g/mol. The highest BCUT2D eigenvalue weighted by molar-refractivity contribution is 6.01. The van der Waals surface area contributed by atoms with Gasteiger partial charge in [0.2, 0.25) is 5.90 Å². The van der Waals surface area contributed by atoms with Crippen LogP contribution in [0.15, 0.2) is 77.8 Å². The third kappa shape index (κ3) is 3.21. The Morgan fingerprint density at radius 3 is 2.31 bits per heavy atom. The first-order valence-corrected chi connectivity index (χ1v) is 8.90. The van der Waals surface area contributed by atoms with Crippen molar-refractivity contribution >= 4 is 17.3 Å². The molecule has 0 aliphatic carbocycles. The molecule has 0 unspecified atom stereocenters. The highest BCUT2D eigenvalue weighted by Crippen LogP contribution is 2.30. The van der Waals surface area contributed by atoms with Gasteiger partial charge in [0.1, 0.15) is 12.6 Å². The minimum absolute atomic E-state index is 0.0550. The maximum Gasteiger partial charge on any atom is 0.219 e. The Balaban J connectivity index is 1.67. The van der Waals surface area contributed by atoms with E-state index < -0.39 is 0 Å². The molecule has 0 aromatic heterocycles. The second-order valence-electron chi connectivity index (χ2n) is 6.61. The number of hydrogen-bond donors (Lipinski definition) is 1. The van der Waals surface area contributed by atoms with Gasteiger partial charge in [0.05, 0.1) is 11.3 Å². The summed E-state index contributed by atoms with van der Waals surface area (Å²) >= 11 is 0. The van der Waals surface area contributed by atoms with Gasteiger partial charge in [-0.3, -0.25) is 0 Å². The molecule has 130 valence electrons. The van der Waals surface area contributed by atoms with Crippen molar-refractivity contribution in [2.45, 2.75) is 19.9 Å². The quantitative estimate of drug-likeness (QED) is 0.673. The standard InChI is InChI=1S/C23H22N2O/c1-16-9-8-10-17(2)22(16)24-20-14-7-6-13-19(20)23-25-21(15-26-23)18-11-4-3-5-12-18/h3-14,21,24H,15H2,1-2H3/t21-/m0/s1. The van der Waals surface area contributed by atoms with Crippen molar-refractivity contribution in [3.8, 4) is 0 Å². The number of aliphatic imine (C=N–C) groups is 1. The molecule has 1 heterocycles. The van der Waals surface area contributed by atoms with Crippen molar-refractivity contribution in [1.82, 2.24) is 0 Å². The van der Waals surface area contributed by atoms with Crippen molar-refractivity contribution in [3.63, 3.8) is 0 Å². The molecule has 3 nitrogen and oxygen atoms in total. The van der Waals surface area contributed by atoms with E-state index in [-0.39, 0.29) is 6.04 Å². The number of hydrogen-bond acceptors (Lipinski definition) is 3. The summed E-state index contributed by atoms with van der Waals surface area (Å²) in [5, 5.41) is 3.58. The van der Waals surface area contributed by atoms with Gasteiger partial charge in [-0.2, -0.15) is 0 Å². The summed E-state index contributed by atoms with van der Waals surface area (Å²) in [6.07, 6.45) is 0. The summed E-state index contributed by atoms with van der Waals surface area (Å²) in [6, 6.07) is 24.9. The molecule has 0 saturated carbocycles. The number of para-hydroxylation sites is 2. The van der Waals surface area contributed by atoms with Crippen LogP contribution in [0.2, 0.25) is 0 Å². The van der Waals surface area contributed by atoms with Gasteiger partial charge in [0.15, 0.2) is 0 Å². The third-order valence-electron chi connectivity index (χ3n) is 4.73. The van der Waals surface area contributed by atoms with Crippen molar-refractivity contribution in [1.29, 1.82) is 0 Å². The molecule has 3 aromatic carbocycles. The molecule has 0 spiro atoms. The van der Waals surface area contributed by atoms with Crippen LogP contribution in [0, 0.1) is 13.8 Å². The zero-order valence-corrected chi connectivity index (χ0v) is 15.1. The summed E-state index contributed by atoms with van der Waals surface area (Å²) < 4.78 is 5.95. The van der Waals surface area contributed by atoms with E-state index in [0.29, 0.717) is 12.5 Å². The lowest BCUT2D eigenvalue weighted by atomic mass is 10.1. The summed E-state index contributed by atoms with van der Waals surface area (Å²) in [5.41, 5.74) is 6.76. The largest absolute Gasteiger partial charge is 0.475 e.